The topological polar surface area (TPSA) is 62.7 Å². The van der Waals surface area contributed by atoms with Crippen LogP contribution < -0.4 is 9.64 Å². The maximum atomic E-state index is 14.2. The van der Waals surface area contributed by atoms with Crippen molar-refractivity contribution in [2.45, 2.75) is 51.5 Å². The second-order valence-corrected chi connectivity index (χ2v) is 11.5. The summed E-state index contributed by atoms with van der Waals surface area (Å²) in [6.07, 6.45) is 7.34. The predicted octanol–water partition coefficient (Wildman–Crippen LogP) is 6.28. The number of hydrogen-bond donors (Lipinski definition) is 0. The molecule has 0 radical (unpaired) electrons. The molecule has 0 atom stereocenters. The first-order valence-corrected chi connectivity index (χ1v) is 14.2. The van der Waals surface area contributed by atoms with Gasteiger partial charge in [0, 0.05) is 29.1 Å². The van der Waals surface area contributed by atoms with Gasteiger partial charge in [0.15, 0.2) is 0 Å². The monoisotopic (exact) mass is 517 g/mol. The van der Waals surface area contributed by atoms with E-state index in [-0.39, 0.29) is 23.7 Å². The minimum Gasteiger partial charge on any atom is -0.403 e. The van der Waals surface area contributed by atoms with Crippen LogP contribution in [0.15, 0.2) is 60.8 Å². The van der Waals surface area contributed by atoms with Gasteiger partial charge in [-0.05, 0) is 82.3 Å². The number of carbonyl (C=O) groups is 2. The first-order chi connectivity index (χ1) is 18.0. The average Bonchev–Trinajstić information content (AvgIpc) is 3.36. The summed E-state index contributed by atoms with van der Waals surface area (Å²) in [6, 6.07) is 17.4. The van der Waals surface area contributed by atoms with Crippen molar-refractivity contribution in [2.75, 3.05) is 25.0 Å². The lowest BCUT2D eigenvalue weighted by atomic mass is 9.82. The quantitative estimate of drug-likeness (QED) is 0.360. The van der Waals surface area contributed by atoms with E-state index in [2.05, 4.69) is 23.9 Å². The molecule has 1 aliphatic carbocycles. The van der Waals surface area contributed by atoms with E-state index in [0.717, 1.165) is 62.1 Å². The highest BCUT2D eigenvalue weighted by Gasteiger charge is 2.37. The van der Waals surface area contributed by atoms with E-state index in [0.29, 0.717) is 16.5 Å². The largest absolute Gasteiger partial charge is 0.403 e. The number of ether oxygens (including phenoxy) is 1. The van der Waals surface area contributed by atoms with E-state index in [4.69, 9.17) is 4.74 Å². The fourth-order valence-corrected chi connectivity index (χ4v) is 6.48. The molecule has 0 bridgehead atoms. The molecule has 5 rings (SSSR count). The van der Waals surface area contributed by atoms with E-state index >= 15 is 0 Å². The minimum absolute atomic E-state index is 0.00408. The first kappa shape index (κ1) is 25.6. The van der Waals surface area contributed by atoms with Gasteiger partial charge in [-0.15, -0.1) is 11.3 Å². The molecule has 194 valence electrons. The number of anilines is 1. The molecular weight excluding hydrogens is 482 g/mol. The van der Waals surface area contributed by atoms with Crippen LogP contribution in [-0.2, 0) is 4.79 Å². The molecule has 1 aliphatic heterocycles. The maximum Gasteiger partial charge on any atom is 0.357 e. The summed E-state index contributed by atoms with van der Waals surface area (Å²) >= 11 is 1.39. The van der Waals surface area contributed by atoms with Crippen molar-refractivity contribution in [1.82, 2.24) is 9.88 Å². The third-order valence-electron chi connectivity index (χ3n) is 7.71. The van der Waals surface area contributed by atoms with Crippen LogP contribution in [-0.4, -0.2) is 47.9 Å². The van der Waals surface area contributed by atoms with E-state index in [1.165, 1.54) is 11.3 Å². The van der Waals surface area contributed by atoms with E-state index < -0.39 is 5.97 Å². The van der Waals surface area contributed by atoms with Gasteiger partial charge in [-0.3, -0.25) is 4.79 Å². The van der Waals surface area contributed by atoms with Gasteiger partial charge in [0.1, 0.15) is 4.88 Å². The molecule has 0 spiro atoms. The van der Waals surface area contributed by atoms with Crippen LogP contribution >= 0.6 is 11.3 Å². The number of thiophene rings is 1. The molecule has 2 aromatic heterocycles. The van der Waals surface area contributed by atoms with Crippen LogP contribution in [0.5, 0.6) is 5.88 Å². The second kappa shape index (κ2) is 11.6. The summed E-state index contributed by atoms with van der Waals surface area (Å²) in [6.45, 7) is 4.13. The third-order valence-corrected chi connectivity index (χ3v) is 8.86. The van der Waals surface area contributed by atoms with Crippen LogP contribution in [0.2, 0.25) is 0 Å². The van der Waals surface area contributed by atoms with E-state index in [1.54, 1.807) is 24.4 Å². The van der Waals surface area contributed by atoms with Gasteiger partial charge in [-0.2, -0.15) is 0 Å². The van der Waals surface area contributed by atoms with Crippen molar-refractivity contribution < 1.29 is 14.3 Å². The number of carbonyl (C=O) groups excluding carboxylic acids is 2. The second-order valence-electron chi connectivity index (χ2n) is 10.4. The molecule has 1 amide bonds. The van der Waals surface area contributed by atoms with Gasteiger partial charge in [-0.25, -0.2) is 9.78 Å². The number of piperidine rings is 1. The number of esters is 1. The number of aromatic nitrogens is 1. The molecule has 2 aliphatic rings. The first-order valence-electron chi connectivity index (χ1n) is 13.3. The molecule has 6 nitrogen and oxygen atoms in total. The molecule has 1 saturated heterocycles. The van der Waals surface area contributed by atoms with Crippen molar-refractivity contribution in [3.05, 3.63) is 65.7 Å². The number of amides is 1. The molecule has 1 saturated carbocycles. The van der Waals surface area contributed by atoms with Crippen LogP contribution in [0.1, 0.15) is 55.1 Å². The Morgan fingerprint density at radius 2 is 1.68 bits per heavy atom. The molecule has 0 N–H and O–H groups in total. The number of hydrogen-bond acceptors (Lipinski definition) is 6. The zero-order valence-corrected chi connectivity index (χ0v) is 22.5. The van der Waals surface area contributed by atoms with Gasteiger partial charge < -0.3 is 14.5 Å². The van der Waals surface area contributed by atoms with Crippen molar-refractivity contribution >= 4 is 28.9 Å². The number of nitrogens with zero attached hydrogens (tertiary/aromatic N) is 3. The number of pyridine rings is 1. The Kier molecular flexibility index (Phi) is 8.01. The standard InChI is InChI=1S/C30H35N3O3S/c1-21-11-13-23(14-12-21)29(34)33(24-15-18-32(2)19-16-24)25-20-26(22-8-4-3-5-9-22)37-28(25)30(35)36-27-10-6-7-17-31-27/h3-10,17,20-21,23-24H,11-16,18-19H2,1-2H3. The molecule has 3 aromatic rings. The number of likely N-dealkylation sites (tertiary alicyclic amines) is 1. The van der Waals surface area contributed by atoms with Crippen LogP contribution in [0.3, 0.4) is 0 Å². The highest BCUT2D eigenvalue weighted by atomic mass is 32.1. The third kappa shape index (κ3) is 5.94. The van der Waals surface area contributed by atoms with E-state index in [1.807, 2.05) is 41.3 Å². The van der Waals surface area contributed by atoms with Gasteiger partial charge in [0.2, 0.25) is 11.8 Å². The number of benzene rings is 1. The summed E-state index contributed by atoms with van der Waals surface area (Å²) in [5.74, 6) is 0.604. The van der Waals surface area contributed by atoms with Crippen molar-refractivity contribution in [2.24, 2.45) is 11.8 Å². The molecule has 2 fully saturated rings. The molecule has 37 heavy (non-hydrogen) atoms. The molecule has 1 aromatic carbocycles. The Bertz CT molecular complexity index is 1200. The Labute approximate surface area is 223 Å². The van der Waals surface area contributed by atoms with Crippen LogP contribution in [0, 0.1) is 11.8 Å². The van der Waals surface area contributed by atoms with Gasteiger partial charge in [0.25, 0.3) is 0 Å². The lowest BCUT2D eigenvalue weighted by Gasteiger charge is -2.39. The Balaban J connectivity index is 1.55. The predicted molar refractivity (Wildman–Crippen MR) is 148 cm³/mol. The number of rotatable bonds is 6. The Morgan fingerprint density at radius 3 is 2.35 bits per heavy atom. The van der Waals surface area contributed by atoms with Gasteiger partial charge in [0.05, 0.1) is 5.69 Å². The molecular formula is C30H35N3O3S. The fraction of sp³-hybridized carbons (Fsp3) is 0.433. The zero-order chi connectivity index (χ0) is 25.8. The Hall–Kier alpha value is -3.03. The average molecular weight is 518 g/mol. The fourth-order valence-electron chi connectivity index (χ4n) is 5.45. The molecule has 7 heteroatoms. The molecule has 3 heterocycles. The lowest BCUT2D eigenvalue weighted by Crippen LogP contribution is -2.49. The van der Waals surface area contributed by atoms with E-state index in [9.17, 15) is 9.59 Å². The summed E-state index contributed by atoms with van der Waals surface area (Å²) in [5.41, 5.74) is 1.70. The van der Waals surface area contributed by atoms with Crippen molar-refractivity contribution in [3.8, 4) is 16.3 Å². The maximum absolute atomic E-state index is 14.2. The summed E-state index contributed by atoms with van der Waals surface area (Å²) < 4.78 is 5.70. The van der Waals surface area contributed by atoms with Crippen LogP contribution in [0.25, 0.3) is 10.4 Å². The highest BCUT2D eigenvalue weighted by Crippen LogP contribution is 2.41. The zero-order valence-electron chi connectivity index (χ0n) is 21.6. The lowest BCUT2D eigenvalue weighted by molar-refractivity contribution is -0.124. The Morgan fingerprint density at radius 1 is 0.973 bits per heavy atom. The molecule has 0 unspecified atom stereocenters. The summed E-state index contributed by atoms with van der Waals surface area (Å²) in [4.78, 5) is 37.6. The van der Waals surface area contributed by atoms with Crippen molar-refractivity contribution in [3.63, 3.8) is 0 Å². The van der Waals surface area contributed by atoms with Gasteiger partial charge >= 0.3 is 5.97 Å². The van der Waals surface area contributed by atoms with Crippen LogP contribution in [0.4, 0.5) is 5.69 Å². The normalized spacial score (nSPS) is 20.9. The van der Waals surface area contributed by atoms with Crippen molar-refractivity contribution in [1.29, 1.82) is 0 Å². The summed E-state index contributed by atoms with van der Waals surface area (Å²) in [5, 5.41) is 0. The SMILES string of the molecule is CC1CCC(C(=O)N(c2cc(-c3ccccc3)sc2C(=O)Oc2ccccn2)C2CCN(C)CC2)CC1. The smallest absolute Gasteiger partial charge is 0.357 e. The summed E-state index contributed by atoms with van der Waals surface area (Å²) in [7, 11) is 2.12. The highest BCUT2D eigenvalue weighted by molar-refractivity contribution is 7.18. The van der Waals surface area contributed by atoms with Gasteiger partial charge in [-0.1, -0.05) is 43.3 Å². The minimum atomic E-state index is -0.469.